The van der Waals surface area contributed by atoms with Crippen molar-refractivity contribution in [2.45, 2.75) is 13.0 Å². The normalized spacial score (nSPS) is 11.8. The molecule has 3 aromatic rings. The van der Waals surface area contributed by atoms with Crippen LogP contribution in [-0.2, 0) is 0 Å². The molecule has 0 aliphatic heterocycles. The van der Waals surface area contributed by atoms with Gasteiger partial charge in [0.05, 0.1) is 16.8 Å². The molecule has 1 atom stereocenters. The van der Waals surface area contributed by atoms with E-state index in [4.69, 9.17) is 11.6 Å². The summed E-state index contributed by atoms with van der Waals surface area (Å²) in [6, 6.07) is 17.0. The van der Waals surface area contributed by atoms with Crippen molar-refractivity contribution < 1.29 is 9.18 Å². The molecular formula is C20H16ClFN2O. The zero-order valence-electron chi connectivity index (χ0n) is 13.5. The lowest BCUT2D eigenvalue weighted by atomic mass is 10.1. The summed E-state index contributed by atoms with van der Waals surface area (Å²) in [5, 5.41) is 3.22. The average Bonchev–Trinajstić information content (AvgIpc) is 2.63. The number of nitrogens with zero attached hydrogens (tertiary/aromatic N) is 1. The summed E-state index contributed by atoms with van der Waals surface area (Å²) in [5.41, 5.74) is 1.84. The molecule has 1 heterocycles. The van der Waals surface area contributed by atoms with Crippen LogP contribution in [0.3, 0.4) is 0 Å². The highest BCUT2D eigenvalue weighted by atomic mass is 35.5. The van der Waals surface area contributed by atoms with E-state index >= 15 is 0 Å². The maximum atomic E-state index is 14.5. The first-order chi connectivity index (χ1) is 12.1. The molecule has 0 radical (unpaired) electrons. The van der Waals surface area contributed by atoms with Crippen LogP contribution in [0.4, 0.5) is 4.39 Å². The van der Waals surface area contributed by atoms with Crippen LogP contribution in [0.1, 0.15) is 28.9 Å². The Balaban J connectivity index is 1.81. The molecule has 0 saturated heterocycles. The van der Waals surface area contributed by atoms with Crippen molar-refractivity contribution >= 4 is 17.5 Å². The van der Waals surface area contributed by atoms with Crippen molar-refractivity contribution in [2.24, 2.45) is 0 Å². The average molecular weight is 355 g/mol. The SMILES string of the molecule is CC(NC(=O)c1ccc(-c2ncccc2Cl)c(F)c1)c1ccccc1. The van der Waals surface area contributed by atoms with Gasteiger partial charge in [-0.1, -0.05) is 41.9 Å². The Morgan fingerprint density at radius 3 is 2.56 bits per heavy atom. The fourth-order valence-electron chi connectivity index (χ4n) is 2.54. The lowest BCUT2D eigenvalue weighted by molar-refractivity contribution is 0.0939. The Kier molecular flexibility index (Phi) is 5.10. The second kappa shape index (κ2) is 7.45. The Morgan fingerprint density at radius 2 is 1.88 bits per heavy atom. The van der Waals surface area contributed by atoms with Gasteiger partial charge in [-0.2, -0.15) is 0 Å². The summed E-state index contributed by atoms with van der Waals surface area (Å²) in [6.07, 6.45) is 1.54. The van der Waals surface area contributed by atoms with E-state index in [0.717, 1.165) is 5.56 Å². The topological polar surface area (TPSA) is 42.0 Å². The highest BCUT2D eigenvalue weighted by Gasteiger charge is 2.15. The van der Waals surface area contributed by atoms with Gasteiger partial charge in [0.2, 0.25) is 0 Å². The molecule has 1 amide bonds. The minimum Gasteiger partial charge on any atom is -0.346 e. The monoisotopic (exact) mass is 354 g/mol. The van der Waals surface area contributed by atoms with Gasteiger partial charge < -0.3 is 5.32 Å². The number of nitrogens with one attached hydrogen (secondary N) is 1. The van der Waals surface area contributed by atoms with E-state index in [2.05, 4.69) is 10.3 Å². The molecule has 0 fully saturated rings. The molecule has 1 N–H and O–H groups in total. The Morgan fingerprint density at radius 1 is 1.12 bits per heavy atom. The minimum absolute atomic E-state index is 0.179. The van der Waals surface area contributed by atoms with Crippen LogP contribution < -0.4 is 5.32 Å². The zero-order chi connectivity index (χ0) is 17.8. The fourth-order valence-corrected chi connectivity index (χ4v) is 2.76. The number of hydrogen-bond acceptors (Lipinski definition) is 2. The predicted molar refractivity (Wildman–Crippen MR) is 97.0 cm³/mol. The molecule has 3 nitrogen and oxygen atoms in total. The van der Waals surface area contributed by atoms with E-state index in [1.165, 1.54) is 12.1 Å². The molecule has 0 aliphatic rings. The van der Waals surface area contributed by atoms with Crippen LogP contribution in [-0.4, -0.2) is 10.9 Å². The molecule has 0 bridgehead atoms. The van der Waals surface area contributed by atoms with Crippen LogP contribution in [0.5, 0.6) is 0 Å². The second-order valence-corrected chi connectivity index (χ2v) is 6.04. The number of amides is 1. The summed E-state index contributed by atoms with van der Waals surface area (Å²) >= 11 is 6.06. The molecule has 0 aliphatic carbocycles. The maximum absolute atomic E-state index is 14.5. The number of hydrogen-bond donors (Lipinski definition) is 1. The summed E-state index contributed by atoms with van der Waals surface area (Å²) in [7, 11) is 0. The van der Waals surface area contributed by atoms with Gasteiger partial charge in [0.25, 0.3) is 5.91 Å². The van der Waals surface area contributed by atoms with Gasteiger partial charge in [0, 0.05) is 17.3 Å². The van der Waals surface area contributed by atoms with Gasteiger partial charge >= 0.3 is 0 Å². The molecule has 3 rings (SSSR count). The molecule has 25 heavy (non-hydrogen) atoms. The Hall–Kier alpha value is -2.72. The largest absolute Gasteiger partial charge is 0.346 e. The highest BCUT2D eigenvalue weighted by molar-refractivity contribution is 6.33. The number of carbonyl (C=O) groups is 1. The molecule has 1 unspecified atom stereocenters. The number of benzene rings is 2. The fraction of sp³-hybridized carbons (Fsp3) is 0.100. The lowest BCUT2D eigenvalue weighted by Gasteiger charge is -2.14. The number of aromatic nitrogens is 1. The molecule has 0 saturated carbocycles. The van der Waals surface area contributed by atoms with Crippen molar-refractivity contribution in [2.75, 3.05) is 0 Å². The standard InChI is InChI=1S/C20H16ClFN2O/c1-13(14-6-3-2-4-7-14)24-20(25)15-9-10-16(18(22)12-15)19-17(21)8-5-11-23-19/h2-13H,1H3,(H,24,25). The summed E-state index contributed by atoms with van der Waals surface area (Å²) < 4.78 is 14.5. The highest BCUT2D eigenvalue weighted by Crippen LogP contribution is 2.28. The number of pyridine rings is 1. The summed E-state index contributed by atoms with van der Waals surface area (Å²) in [5.74, 6) is -0.880. The van der Waals surface area contributed by atoms with E-state index in [1.54, 1.807) is 24.4 Å². The zero-order valence-corrected chi connectivity index (χ0v) is 14.3. The van der Waals surface area contributed by atoms with Gasteiger partial charge in [-0.3, -0.25) is 9.78 Å². The van der Waals surface area contributed by atoms with Crippen LogP contribution in [0.25, 0.3) is 11.3 Å². The Labute approximate surface area is 150 Å². The van der Waals surface area contributed by atoms with E-state index in [9.17, 15) is 9.18 Å². The van der Waals surface area contributed by atoms with Gasteiger partial charge in [-0.25, -0.2) is 4.39 Å². The van der Waals surface area contributed by atoms with Gasteiger partial charge in [0.1, 0.15) is 5.82 Å². The van der Waals surface area contributed by atoms with E-state index in [0.29, 0.717) is 10.7 Å². The molecule has 5 heteroatoms. The van der Waals surface area contributed by atoms with Gasteiger partial charge in [-0.15, -0.1) is 0 Å². The summed E-state index contributed by atoms with van der Waals surface area (Å²) in [4.78, 5) is 16.5. The maximum Gasteiger partial charge on any atom is 0.251 e. The van der Waals surface area contributed by atoms with E-state index < -0.39 is 5.82 Å². The Bertz CT molecular complexity index is 899. The lowest BCUT2D eigenvalue weighted by Crippen LogP contribution is -2.26. The second-order valence-electron chi connectivity index (χ2n) is 5.63. The first kappa shape index (κ1) is 17.1. The van der Waals surface area contributed by atoms with Crippen LogP contribution in [0.2, 0.25) is 5.02 Å². The van der Waals surface area contributed by atoms with Crippen LogP contribution in [0.15, 0.2) is 66.9 Å². The van der Waals surface area contributed by atoms with E-state index in [-0.39, 0.29) is 23.1 Å². The predicted octanol–water partition coefficient (Wildman–Crippen LogP) is 5.03. The van der Waals surface area contributed by atoms with E-state index in [1.807, 2.05) is 37.3 Å². The van der Waals surface area contributed by atoms with Crippen molar-refractivity contribution in [3.05, 3.63) is 88.8 Å². The third-order valence-electron chi connectivity index (χ3n) is 3.89. The molecule has 2 aromatic carbocycles. The van der Waals surface area contributed by atoms with Crippen LogP contribution in [0, 0.1) is 5.82 Å². The quantitative estimate of drug-likeness (QED) is 0.713. The number of carbonyl (C=O) groups excluding carboxylic acids is 1. The third kappa shape index (κ3) is 3.86. The molecule has 1 aromatic heterocycles. The first-order valence-electron chi connectivity index (χ1n) is 7.82. The van der Waals surface area contributed by atoms with Crippen molar-refractivity contribution in [1.29, 1.82) is 0 Å². The van der Waals surface area contributed by atoms with Crippen molar-refractivity contribution in [3.63, 3.8) is 0 Å². The molecule has 126 valence electrons. The summed E-state index contributed by atoms with van der Waals surface area (Å²) in [6.45, 7) is 1.88. The van der Waals surface area contributed by atoms with Crippen molar-refractivity contribution in [1.82, 2.24) is 10.3 Å². The molecular weight excluding hydrogens is 339 g/mol. The first-order valence-corrected chi connectivity index (χ1v) is 8.20. The van der Waals surface area contributed by atoms with Gasteiger partial charge in [-0.05, 0) is 42.8 Å². The molecule has 0 spiro atoms. The third-order valence-corrected chi connectivity index (χ3v) is 4.20. The minimum atomic E-state index is -0.541. The van der Waals surface area contributed by atoms with Crippen molar-refractivity contribution in [3.8, 4) is 11.3 Å². The number of halogens is 2. The number of rotatable bonds is 4. The smallest absolute Gasteiger partial charge is 0.251 e. The van der Waals surface area contributed by atoms with Gasteiger partial charge in [0.15, 0.2) is 0 Å². The van der Waals surface area contributed by atoms with Crippen LogP contribution >= 0.6 is 11.6 Å².